The second-order valence-electron chi connectivity index (χ2n) is 4.69. The molecule has 0 atom stereocenters. The molecule has 0 saturated carbocycles. The van der Waals surface area contributed by atoms with Crippen molar-refractivity contribution in [2.24, 2.45) is 0 Å². The van der Waals surface area contributed by atoms with Gasteiger partial charge in [-0.25, -0.2) is 0 Å². The molecular weight excluding hydrogens is 280 g/mol. The Balaban J connectivity index is 1.73. The number of ether oxygens (including phenoxy) is 1. The molecule has 3 aromatic rings. The minimum Gasteiger partial charge on any atom is -0.436 e. The van der Waals surface area contributed by atoms with Crippen molar-refractivity contribution in [2.75, 3.05) is 5.32 Å². The predicted octanol–water partition coefficient (Wildman–Crippen LogP) is 3.22. The number of carbonyl (C=O) groups is 1. The average Bonchev–Trinajstić information content (AvgIpc) is 3.01. The maximum absolute atomic E-state index is 11.0. The number of hydrogen-bond donors (Lipinski definition) is 2. The minimum atomic E-state index is -0.0814. The highest BCUT2D eigenvalue weighted by Gasteiger charge is 2.02. The first kappa shape index (κ1) is 13.8. The van der Waals surface area contributed by atoms with Gasteiger partial charge in [0.2, 0.25) is 5.91 Å². The zero-order valence-electron chi connectivity index (χ0n) is 11.9. The molecule has 0 saturated heterocycles. The summed E-state index contributed by atoms with van der Waals surface area (Å²) in [6.45, 7) is 1.49. The summed E-state index contributed by atoms with van der Waals surface area (Å²) in [5, 5.41) is 12.7. The molecule has 0 radical (unpaired) electrons. The first-order valence-electron chi connectivity index (χ1n) is 6.72. The zero-order valence-corrected chi connectivity index (χ0v) is 11.9. The Hall–Kier alpha value is -3.15. The van der Waals surface area contributed by atoms with E-state index in [1.807, 2.05) is 48.5 Å². The molecule has 0 fully saturated rings. The van der Waals surface area contributed by atoms with Gasteiger partial charge in [-0.15, -0.1) is 5.10 Å². The number of H-pyrrole nitrogens is 1. The summed E-state index contributed by atoms with van der Waals surface area (Å²) >= 11 is 0. The fourth-order valence-corrected chi connectivity index (χ4v) is 2.03. The summed E-state index contributed by atoms with van der Waals surface area (Å²) < 4.78 is 5.52. The Morgan fingerprint density at radius 1 is 1.05 bits per heavy atom. The number of aromatic amines is 1. The summed E-state index contributed by atoms with van der Waals surface area (Å²) in [4.78, 5) is 11.0. The van der Waals surface area contributed by atoms with E-state index in [0.717, 1.165) is 16.8 Å². The monoisotopic (exact) mass is 294 g/mol. The highest BCUT2D eigenvalue weighted by atomic mass is 16.5. The second kappa shape index (κ2) is 6.09. The molecule has 1 aromatic heterocycles. The zero-order chi connectivity index (χ0) is 15.4. The van der Waals surface area contributed by atoms with E-state index in [-0.39, 0.29) is 5.91 Å². The lowest BCUT2D eigenvalue weighted by Crippen LogP contribution is -2.05. The highest BCUT2D eigenvalue weighted by Crippen LogP contribution is 2.25. The number of amides is 1. The quantitative estimate of drug-likeness (QED) is 0.774. The van der Waals surface area contributed by atoms with Gasteiger partial charge in [-0.05, 0) is 35.4 Å². The number of hydrogen-bond acceptors (Lipinski definition) is 4. The lowest BCUT2D eigenvalue weighted by Gasteiger charge is -2.06. The summed E-state index contributed by atoms with van der Waals surface area (Å²) in [5.74, 6) is 1.03. The molecule has 1 heterocycles. The Kier molecular flexibility index (Phi) is 3.82. The first-order chi connectivity index (χ1) is 10.7. The number of nitrogens with zero attached hydrogens (tertiary/aromatic N) is 2. The van der Waals surface area contributed by atoms with E-state index >= 15 is 0 Å². The van der Waals surface area contributed by atoms with E-state index < -0.39 is 0 Å². The van der Waals surface area contributed by atoms with Crippen molar-refractivity contribution in [1.29, 1.82) is 0 Å². The maximum Gasteiger partial charge on any atom is 0.258 e. The van der Waals surface area contributed by atoms with Gasteiger partial charge >= 0.3 is 0 Å². The molecule has 2 aromatic carbocycles. The van der Waals surface area contributed by atoms with Gasteiger partial charge in [0.25, 0.3) is 5.88 Å². The minimum absolute atomic E-state index is 0.0814. The Bertz CT molecular complexity index is 750. The third-order valence-corrected chi connectivity index (χ3v) is 3.01. The van der Waals surface area contributed by atoms with Gasteiger partial charge in [0, 0.05) is 12.6 Å². The number of rotatable bonds is 4. The summed E-state index contributed by atoms with van der Waals surface area (Å²) in [6, 6.07) is 15.3. The van der Waals surface area contributed by atoms with Crippen LogP contribution in [-0.2, 0) is 4.79 Å². The maximum atomic E-state index is 11.0. The molecule has 0 aliphatic heterocycles. The van der Waals surface area contributed by atoms with Crippen molar-refractivity contribution in [3.8, 4) is 22.8 Å². The fourth-order valence-electron chi connectivity index (χ4n) is 2.03. The van der Waals surface area contributed by atoms with Crippen LogP contribution in [0.25, 0.3) is 11.1 Å². The van der Waals surface area contributed by atoms with Crippen LogP contribution in [0.4, 0.5) is 5.69 Å². The smallest absolute Gasteiger partial charge is 0.258 e. The molecule has 22 heavy (non-hydrogen) atoms. The van der Waals surface area contributed by atoms with Crippen LogP contribution in [0.15, 0.2) is 54.7 Å². The first-order valence-corrected chi connectivity index (χ1v) is 6.72. The van der Waals surface area contributed by atoms with Crippen molar-refractivity contribution in [3.63, 3.8) is 0 Å². The van der Waals surface area contributed by atoms with Crippen LogP contribution in [0.5, 0.6) is 11.6 Å². The number of carbonyl (C=O) groups excluding carboxylic acids is 1. The van der Waals surface area contributed by atoms with Gasteiger partial charge in [0.15, 0.2) is 0 Å². The van der Waals surface area contributed by atoms with E-state index in [2.05, 4.69) is 20.7 Å². The lowest BCUT2D eigenvalue weighted by atomic mass is 10.1. The summed E-state index contributed by atoms with van der Waals surface area (Å²) in [5.41, 5.74) is 2.89. The van der Waals surface area contributed by atoms with Crippen molar-refractivity contribution >= 4 is 11.6 Å². The molecule has 0 unspecified atom stereocenters. The van der Waals surface area contributed by atoms with Crippen LogP contribution in [0.1, 0.15) is 6.92 Å². The number of aromatic nitrogens is 3. The van der Waals surface area contributed by atoms with Crippen LogP contribution in [-0.4, -0.2) is 21.3 Å². The van der Waals surface area contributed by atoms with Gasteiger partial charge < -0.3 is 10.1 Å². The van der Waals surface area contributed by atoms with Crippen LogP contribution in [0.2, 0.25) is 0 Å². The van der Waals surface area contributed by atoms with Gasteiger partial charge in [-0.1, -0.05) is 24.3 Å². The van der Waals surface area contributed by atoms with Crippen LogP contribution < -0.4 is 10.1 Å². The largest absolute Gasteiger partial charge is 0.436 e. The van der Waals surface area contributed by atoms with Gasteiger partial charge in [-0.3, -0.25) is 4.79 Å². The summed E-state index contributed by atoms with van der Waals surface area (Å²) in [7, 11) is 0. The number of anilines is 1. The topological polar surface area (TPSA) is 79.9 Å². The lowest BCUT2D eigenvalue weighted by molar-refractivity contribution is -0.114. The van der Waals surface area contributed by atoms with E-state index in [0.29, 0.717) is 11.6 Å². The van der Waals surface area contributed by atoms with Gasteiger partial charge in [0.05, 0.1) is 0 Å². The number of benzene rings is 2. The average molecular weight is 294 g/mol. The van der Waals surface area contributed by atoms with Gasteiger partial charge in [0.1, 0.15) is 11.9 Å². The number of nitrogens with one attached hydrogen (secondary N) is 2. The molecule has 0 spiro atoms. The molecule has 6 heteroatoms. The van der Waals surface area contributed by atoms with Gasteiger partial charge in [-0.2, -0.15) is 10.3 Å². The molecule has 0 aliphatic rings. The van der Waals surface area contributed by atoms with E-state index in [1.54, 1.807) is 0 Å². The van der Waals surface area contributed by atoms with Crippen molar-refractivity contribution < 1.29 is 9.53 Å². The molecule has 1 amide bonds. The highest BCUT2D eigenvalue weighted by molar-refractivity contribution is 5.89. The third kappa shape index (κ3) is 3.29. The SMILES string of the molecule is CC(=O)Nc1ccc(-c2ccc(Oc3cn[nH]n3)cc2)cc1. The molecule has 110 valence electrons. The second-order valence-corrected chi connectivity index (χ2v) is 4.69. The molecule has 6 nitrogen and oxygen atoms in total. The molecular formula is C16H14N4O2. The Labute approximate surface area is 127 Å². The standard InChI is InChI=1S/C16H14N4O2/c1-11(21)18-14-6-2-12(3-7-14)13-4-8-15(9-5-13)22-16-10-17-20-19-16/h2-10H,1H3,(H,18,21)(H,17,19,20). The van der Waals surface area contributed by atoms with Crippen LogP contribution >= 0.6 is 0 Å². The van der Waals surface area contributed by atoms with E-state index in [1.165, 1.54) is 13.1 Å². The van der Waals surface area contributed by atoms with E-state index in [4.69, 9.17) is 4.74 Å². The molecule has 0 aliphatic carbocycles. The molecule has 3 rings (SSSR count). The van der Waals surface area contributed by atoms with E-state index in [9.17, 15) is 4.79 Å². The summed E-state index contributed by atoms with van der Waals surface area (Å²) in [6.07, 6.45) is 1.51. The van der Waals surface area contributed by atoms with Crippen LogP contribution in [0, 0.1) is 0 Å². The fraction of sp³-hybridized carbons (Fsp3) is 0.0625. The Morgan fingerprint density at radius 3 is 2.23 bits per heavy atom. The molecule has 2 N–H and O–H groups in total. The van der Waals surface area contributed by atoms with Crippen molar-refractivity contribution in [3.05, 3.63) is 54.7 Å². The predicted molar refractivity (Wildman–Crippen MR) is 82.6 cm³/mol. The molecule has 0 bridgehead atoms. The normalized spacial score (nSPS) is 10.2. The van der Waals surface area contributed by atoms with Crippen molar-refractivity contribution in [1.82, 2.24) is 15.4 Å². The Morgan fingerprint density at radius 2 is 1.68 bits per heavy atom. The van der Waals surface area contributed by atoms with Crippen molar-refractivity contribution in [2.45, 2.75) is 6.92 Å². The third-order valence-electron chi connectivity index (χ3n) is 3.01. The van der Waals surface area contributed by atoms with Crippen LogP contribution in [0.3, 0.4) is 0 Å².